The minimum Gasteiger partial charge on any atom is -0.490 e. The summed E-state index contributed by atoms with van der Waals surface area (Å²) in [5, 5.41) is 3.68. The van der Waals surface area contributed by atoms with Gasteiger partial charge in [-0.15, -0.1) is 11.3 Å². The molecule has 3 aromatic rings. The molecule has 0 bridgehead atoms. The fourth-order valence-electron chi connectivity index (χ4n) is 2.40. The Morgan fingerprint density at radius 3 is 2.63 bits per heavy atom. The number of methoxy groups -OCH3 is 1. The second-order valence-electron chi connectivity index (χ2n) is 5.92. The highest BCUT2D eigenvalue weighted by Gasteiger charge is 2.14. The first-order valence-electron chi connectivity index (χ1n) is 8.94. The number of hydrogen-bond donors (Lipinski definition) is 1. The van der Waals surface area contributed by atoms with E-state index in [4.69, 9.17) is 21.1 Å². The monoisotopic (exact) mass is 408 g/mol. The highest BCUT2D eigenvalue weighted by Crippen LogP contribution is 2.32. The van der Waals surface area contributed by atoms with E-state index in [-0.39, 0.29) is 5.43 Å². The standard InChI is InChI=1S/C18H19ClN2O3S.C2H6/c1-10(2)13-9-25-18(21-13)12-8-14(22)11-4-5-15(24-7-6-23-3)16(19)17(11)20-12;1-2/h4-5,8-10H,6-7H2,1-3H3,(H,20,22);1-2H3. The van der Waals surface area contributed by atoms with Crippen molar-refractivity contribution in [1.29, 1.82) is 0 Å². The summed E-state index contributed by atoms with van der Waals surface area (Å²) < 4.78 is 10.6. The van der Waals surface area contributed by atoms with Crippen LogP contribution in [0.1, 0.15) is 39.3 Å². The SMILES string of the molecule is CC.COCCOc1ccc2c(=O)cc(-c3nc(C(C)C)cs3)[nH]c2c1Cl. The third-order valence-corrected chi connectivity index (χ3v) is 5.07. The first kappa shape index (κ1) is 21.4. The van der Waals surface area contributed by atoms with Crippen LogP contribution in [-0.4, -0.2) is 30.3 Å². The Morgan fingerprint density at radius 2 is 2.00 bits per heavy atom. The van der Waals surface area contributed by atoms with Gasteiger partial charge in [-0.1, -0.05) is 39.3 Å². The van der Waals surface area contributed by atoms with Crippen LogP contribution in [-0.2, 0) is 4.74 Å². The molecular weight excluding hydrogens is 384 g/mol. The maximum Gasteiger partial charge on any atom is 0.190 e. The molecule has 0 aliphatic carbocycles. The van der Waals surface area contributed by atoms with Gasteiger partial charge in [0.2, 0.25) is 0 Å². The van der Waals surface area contributed by atoms with Gasteiger partial charge in [0.1, 0.15) is 22.4 Å². The fourth-order valence-corrected chi connectivity index (χ4v) is 3.62. The summed E-state index contributed by atoms with van der Waals surface area (Å²) in [6, 6.07) is 4.98. The molecule has 1 N–H and O–H groups in total. The highest BCUT2D eigenvalue weighted by molar-refractivity contribution is 7.13. The summed E-state index contributed by atoms with van der Waals surface area (Å²) in [5.74, 6) is 0.850. The van der Waals surface area contributed by atoms with Gasteiger partial charge in [0.25, 0.3) is 0 Å². The van der Waals surface area contributed by atoms with Gasteiger partial charge >= 0.3 is 0 Å². The van der Waals surface area contributed by atoms with Gasteiger partial charge in [0.15, 0.2) is 5.43 Å². The number of nitrogens with one attached hydrogen (secondary N) is 1. The Kier molecular flexibility index (Phi) is 7.83. The lowest BCUT2D eigenvalue weighted by Gasteiger charge is -2.10. The zero-order valence-electron chi connectivity index (χ0n) is 16.3. The van der Waals surface area contributed by atoms with E-state index in [0.717, 1.165) is 10.7 Å². The van der Waals surface area contributed by atoms with Crippen LogP contribution in [0.5, 0.6) is 5.75 Å². The molecule has 5 nitrogen and oxygen atoms in total. The zero-order valence-corrected chi connectivity index (χ0v) is 17.8. The Hall–Kier alpha value is -1.89. The van der Waals surface area contributed by atoms with Crippen molar-refractivity contribution in [3.8, 4) is 16.5 Å². The van der Waals surface area contributed by atoms with E-state index in [1.165, 1.54) is 11.3 Å². The van der Waals surface area contributed by atoms with Crippen molar-refractivity contribution < 1.29 is 9.47 Å². The number of ether oxygens (including phenoxy) is 2. The van der Waals surface area contributed by atoms with Gasteiger partial charge in [0.05, 0.1) is 23.5 Å². The minimum absolute atomic E-state index is 0.101. The van der Waals surface area contributed by atoms with Gasteiger partial charge in [-0.2, -0.15) is 0 Å². The fraction of sp³-hybridized carbons (Fsp3) is 0.400. The summed E-state index contributed by atoms with van der Waals surface area (Å²) in [6.07, 6.45) is 0. The van der Waals surface area contributed by atoms with Crippen LogP contribution in [0.2, 0.25) is 5.02 Å². The van der Waals surface area contributed by atoms with Crippen LogP contribution in [0.15, 0.2) is 28.4 Å². The van der Waals surface area contributed by atoms with Crippen LogP contribution >= 0.6 is 22.9 Å². The Morgan fingerprint density at radius 1 is 1.26 bits per heavy atom. The molecule has 0 aliphatic heterocycles. The number of aromatic nitrogens is 2. The molecule has 146 valence electrons. The lowest BCUT2D eigenvalue weighted by atomic mass is 10.1. The van der Waals surface area contributed by atoms with E-state index >= 15 is 0 Å². The quantitative estimate of drug-likeness (QED) is 0.548. The molecule has 27 heavy (non-hydrogen) atoms. The van der Waals surface area contributed by atoms with E-state index < -0.39 is 0 Å². The van der Waals surface area contributed by atoms with E-state index in [2.05, 4.69) is 23.8 Å². The predicted octanol–water partition coefficient (Wildman–Crippen LogP) is 5.48. The smallest absolute Gasteiger partial charge is 0.190 e. The number of halogens is 1. The number of benzene rings is 1. The molecule has 0 aliphatic rings. The molecule has 0 spiro atoms. The molecule has 0 saturated carbocycles. The Bertz CT molecular complexity index is 950. The van der Waals surface area contributed by atoms with Crippen molar-refractivity contribution >= 4 is 33.8 Å². The molecule has 3 rings (SSSR count). The lowest BCUT2D eigenvalue weighted by molar-refractivity contribution is 0.146. The van der Waals surface area contributed by atoms with E-state index in [1.54, 1.807) is 25.3 Å². The van der Waals surface area contributed by atoms with Crippen LogP contribution in [0, 0.1) is 0 Å². The number of hydrogen-bond acceptors (Lipinski definition) is 5. The van der Waals surface area contributed by atoms with Crippen molar-refractivity contribution in [1.82, 2.24) is 9.97 Å². The molecule has 0 saturated heterocycles. The Balaban J connectivity index is 0.00000126. The van der Waals surface area contributed by atoms with E-state index in [0.29, 0.717) is 46.5 Å². The maximum atomic E-state index is 12.5. The summed E-state index contributed by atoms with van der Waals surface area (Å²) in [7, 11) is 1.61. The average molecular weight is 409 g/mol. The summed E-state index contributed by atoms with van der Waals surface area (Å²) in [5.41, 5.74) is 2.12. The number of rotatable bonds is 6. The molecular formula is C20H25ClN2O3S. The minimum atomic E-state index is -0.101. The zero-order chi connectivity index (χ0) is 20.0. The molecule has 2 aromatic heterocycles. The predicted molar refractivity (Wildman–Crippen MR) is 113 cm³/mol. The van der Waals surface area contributed by atoms with E-state index in [1.807, 2.05) is 19.2 Å². The van der Waals surface area contributed by atoms with Gasteiger partial charge < -0.3 is 14.5 Å². The molecule has 0 radical (unpaired) electrons. The first-order valence-corrected chi connectivity index (χ1v) is 10.2. The molecule has 0 atom stereocenters. The topological polar surface area (TPSA) is 64.2 Å². The number of nitrogens with zero attached hydrogens (tertiary/aromatic N) is 1. The van der Waals surface area contributed by atoms with Gasteiger partial charge in [0, 0.05) is 23.9 Å². The third kappa shape index (κ3) is 4.89. The average Bonchev–Trinajstić information content (AvgIpc) is 3.16. The highest BCUT2D eigenvalue weighted by atomic mass is 35.5. The normalized spacial score (nSPS) is 10.8. The molecule has 0 amide bonds. The van der Waals surface area contributed by atoms with Crippen LogP contribution in [0.4, 0.5) is 0 Å². The van der Waals surface area contributed by atoms with Crippen LogP contribution < -0.4 is 10.2 Å². The van der Waals surface area contributed by atoms with Gasteiger partial charge in [-0.25, -0.2) is 4.98 Å². The van der Waals surface area contributed by atoms with Crippen molar-refractivity contribution in [2.45, 2.75) is 33.6 Å². The molecule has 1 aromatic carbocycles. The summed E-state index contributed by atoms with van der Waals surface area (Å²) in [4.78, 5) is 20.3. The largest absolute Gasteiger partial charge is 0.490 e. The van der Waals surface area contributed by atoms with Crippen molar-refractivity contribution in [2.75, 3.05) is 20.3 Å². The number of aromatic amines is 1. The van der Waals surface area contributed by atoms with Crippen molar-refractivity contribution in [3.63, 3.8) is 0 Å². The molecule has 0 fully saturated rings. The lowest BCUT2D eigenvalue weighted by Crippen LogP contribution is -2.07. The van der Waals surface area contributed by atoms with Crippen LogP contribution in [0.25, 0.3) is 21.6 Å². The Labute approximate surface area is 168 Å². The molecule has 7 heteroatoms. The summed E-state index contributed by atoms with van der Waals surface area (Å²) >= 11 is 7.96. The van der Waals surface area contributed by atoms with Gasteiger partial charge in [-0.3, -0.25) is 4.79 Å². The van der Waals surface area contributed by atoms with Gasteiger partial charge in [-0.05, 0) is 18.1 Å². The summed E-state index contributed by atoms with van der Waals surface area (Å²) in [6.45, 7) is 9.02. The van der Waals surface area contributed by atoms with Crippen molar-refractivity contribution in [2.24, 2.45) is 0 Å². The van der Waals surface area contributed by atoms with Crippen molar-refractivity contribution in [3.05, 3.63) is 44.5 Å². The second-order valence-corrected chi connectivity index (χ2v) is 7.16. The maximum absolute atomic E-state index is 12.5. The van der Waals surface area contributed by atoms with Crippen LogP contribution in [0.3, 0.4) is 0 Å². The number of H-pyrrole nitrogens is 1. The second kappa shape index (κ2) is 9.88. The number of pyridine rings is 1. The molecule has 0 unspecified atom stereocenters. The number of thiazole rings is 1. The van der Waals surface area contributed by atoms with E-state index in [9.17, 15) is 4.79 Å². The first-order chi connectivity index (χ1) is 13.0. The third-order valence-electron chi connectivity index (χ3n) is 3.80. The number of fused-ring (bicyclic) bond motifs is 1. The molecule has 2 heterocycles.